The lowest BCUT2D eigenvalue weighted by atomic mass is 9.94. The van der Waals surface area contributed by atoms with Crippen molar-refractivity contribution >= 4 is 28.6 Å². The van der Waals surface area contributed by atoms with Gasteiger partial charge in [0.1, 0.15) is 0 Å². The Hall–Kier alpha value is -3.26. The molecule has 3 aromatic rings. The smallest absolute Gasteiger partial charge is 0.270 e. The van der Waals surface area contributed by atoms with Gasteiger partial charge >= 0.3 is 0 Å². The molecule has 170 valence electrons. The minimum atomic E-state index is -0.506. The highest BCUT2D eigenvalue weighted by Crippen LogP contribution is 2.25. The Labute approximate surface area is 188 Å². The van der Waals surface area contributed by atoms with Gasteiger partial charge in [0, 0.05) is 24.2 Å². The summed E-state index contributed by atoms with van der Waals surface area (Å²) in [5.74, 6) is 0.720. The number of likely N-dealkylation sites (tertiary alicyclic amines) is 1. The van der Waals surface area contributed by atoms with Crippen molar-refractivity contribution in [2.45, 2.75) is 39.7 Å². The number of aryl methyl sites for hydroxylation is 1. The van der Waals surface area contributed by atoms with Gasteiger partial charge in [0.25, 0.3) is 11.6 Å². The van der Waals surface area contributed by atoms with Gasteiger partial charge in [0.2, 0.25) is 5.95 Å². The zero-order chi connectivity index (χ0) is 23.1. The number of nitro benzene ring substituents is 1. The van der Waals surface area contributed by atoms with Gasteiger partial charge in [-0.1, -0.05) is 32.0 Å². The van der Waals surface area contributed by atoms with E-state index < -0.39 is 10.8 Å². The van der Waals surface area contributed by atoms with Crippen LogP contribution in [0.1, 0.15) is 43.5 Å². The number of hydrogen-bond donors (Lipinski definition) is 1. The van der Waals surface area contributed by atoms with Crippen LogP contribution < -0.4 is 5.32 Å². The molecule has 1 N–H and O–H groups in total. The predicted molar refractivity (Wildman–Crippen MR) is 127 cm³/mol. The fourth-order valence-electron chi connectivity index (χ4n) is 3.99. The van der Waals surface area contributed by atoms with Crippen LogP contribution in [-0.4, -0.2) is 45.4 Å². The molecule has 0 saturated carbocycles. The van der Waals surface area contributed by atoms with Crippen LogP contribution in [0.5, 0.6) is 0 Å². The third-order valence-electron chi connectivity index (χ3n) is 5.80. The number of aromatic nitrogens is 2. The largest absolute Gasteiger partial charge is 0.310 e. The summed E-state index contributed by atoms with van der Waals surface area (Å²) in [5.41, 5.74) is 1.91. The molecule has 1 aromatic heterocycles. The molecule has 1 fully saturated rings. The SMILES string of the molecule is CC.CN1CCC(CCn2c(NC(=O)c3cccc([N+](=O)[O-])c3)nc3ccccc32)CC1. The van der Waals surface area contributed by atoms with Crippen LogP contribution in [0.3, 0.4) is 0 Å². The number of rotatable bonds is 6. The van der Waals surface area contributed by atoms with Gasteiger partial charge < -0.3 is 9.47 Å². The molecule has 32 heavy (non-hydrogen) atoms. The van der Waals surface area contributed by atoms with Crippen molar-refractivity contribution in [1.82, 2.24) is 14.5 Å². The molecular formula is C24H31N5O3. The third-order valence-corrected chi connectivity index (χ3v) is 5.80. The van der Waals surface area contributed by atoms with Crippen molar-refractivity contribution in [2.24, 2.45) is 5.92 Å². The van der Waals surface area contributed by atoms with Crippen LogP contribution in [0.4, 0.5) is 11.6 Å². The number of amides is 1. The average Bonchev–Trinajstić information content (AvgIpc) is 3.17. The quantitative estimate of drug-likeness (QED) is 0.435. The normalized spacial score (nSPS) is 14.6. The van der Waals surface area contributed by atoms with Crippen molar-refractivity contribution < 1.29 is 9.72 Å². The highest BCUT2D eigenvalue weighted by Gasteiger charge is 2.20. The number of nitro groups is 1. The number of carbonyl (C=O) groups excluding carboxylic acids is 1. The number of nitrogens with one attached hydrogen (secondary N) is 1. The average molecular weight is 438 g/mol. The van der Waals surface area contributed by atoms with E-state index in [0.717, 1.165) is 37.1 Å². The Morgan fingerprint density at radius 3 is 2.59 bits per heavy atom. The van der Waals surface area contributed by atoms with Gasteiger partial charge in [-0.25, -0.2) is 4.98 Å². The van der Waals surface area contributed by atoms with E-state index >= 15 is 0 Å². The zero-order valence-electron chi connectivity index (χ0n) is 19.0. The van der Waals surface area contributed by atoms with Crippen LogP contribution in [0.25, 0.3) is 11.0 Å². The summed E-state index contributed by atoms with van der Waals surface area (Å²) in [6, 6.07) is 13.5. The number of non-ortho nitro benzene ring substituents is 1. The van der Waals surface area contributed by atoms with Crippen molar-refractivity contribution in [3.63, 3.8) is 0 Å². The van der Waals surface area contributed by atoms with E-state index in [1.807, 2.05) is 42.7 Å². The maximum Gasteiger partial charge on any atom is 0.270 e. The molecule has 2 heterocycles. The highest BCUT2D eigenvalue weighted by molar-refractivity contribution is 6.04. The minimum Gasteiger partial charge on any atom is -0.310 e. The summed E-state index contributed by atoms with van der Waals surface area (Å²) in [4.78, 5) is 30.2. The topological polar surface area (TPSA) is 93.3 Å². The van der Waals surface area contributed by atoms with Crippen LogP contribution in [0, 0.1) is 16.0 Å². The van der Waals surface area contributed by atoms with Crippen LogP contribution in [0.2, 0.25) is 0 Å². The lowest BCUT2D eigenvalue weighted by Gasteiger charge is -2.29. The van der Waals surface area contributed by atoms with Crippen molar-refractivity contribution in [3.8, 4) is 0 Å². The molecule has 1 aliphatic heterocycles. The molecule has 0 unspecified atom stereocenters. The molecule has 0 radical (unpaired) electrons. The van der Waals surface area contributed by atoms with Crippen molar-refractivity contribution in [1.29, 1.82) is 0 Å². The summed E-state index contributed by atoms with van der Waals surface area (Å²) < 4.78 is 2.04. The molecule has 0 spiro atoms. The molecule has 8 heteroatoms. The molecule has 1 aliphatic rings. The maximum absolute atomic E-state index is 12.8. The predicted octanol–water partition coefficient (Wildman–Crippen LogP) is 4.95. The van der Waals surface area contributed by atoms with Crippen LogP contribution in [0.15, 0.2) is 48.5 Å². The number of para-hydroxylation sites is 2. The second-order valence-corrected chi connectivity index (χ2v) is 7.87. The first-order valence-corrected chi connectivity index (χ1v) is 11.2. The number of carbonyl (C=O) groups is 1. The zero-order valence-corrected chi connectivity index (χ0v) is 19.0. The Kier molecular flexibility index (Phi) is 7.94. The molecule has 0 aliphatic carbocycles. The van der Waals surface area contributed by atoms with Crippen LogP contribution in [-0.2, 0) is 6.54 Å². The standard InChI is InChI=1S/C22H25N5O3.C2H6/c1-25-12-9-16(10-13-25)11-14-26-20-8-3-2-7-19(20)23-22(26)24-21(28)17-5-4-6-18(15-17)27(29)30;1-2/h2-8,15-16H,9-14H2,1H3,(H,23,24,28);1-2H3. The van der Waals surface area contributed by atoms with Gasteiger partial charge in [0.05, 0.1) is 16.0 Å². The van der Waals surface area contributed by atoms with Gasteiger partial charge in [-0.3, -0.25) is 20.2 Å². The Bertz CT molecular complexity index is 1070. The maximum atomic E-state index is 12.8. The highest BCUT2D eigenvalue weighted by atomic mass is 16.6. The van der Waals surface area contributed by atoms with Gasteiger partial charge in [0.15, 0.2) is 0 Å². The fraction of sp³-hybridized carbons (Fsp3) is 0.417. The van der Waals surface area contributed by atoms with Gasteiger partial charge in [-0.05, 0) is 63.5 Å². The van der Waals surface area contributed by atoms with E-state index in [9.17, 15) is 14.9 Å². The summed E-state index contributed by atoms with van der Waals surface area (Å²) in [5, 5.41) is 13.9. The van der Waals surface area contributed by atoms with Gasteiger partial charge in [-0.15, -0.1) is 0 Å². The second-order valence-electron chi connectivity index (χ2n) is 7.87. The Balaban J connectivity index is 0.00000141. The van der Waals surface area contributed by atoms with Crippen molar-refractivity contribution in [3.05, 3.63) is 64.2 Å². The minimum absolute atomic E-state index is 0.113. The molecular weight excluding hydrogens is 406 g/mol. The molecule has 0 atom stereocenters. The van der Waals surface area contributed by atoms with Gasteiger partial charge in [-0.2, -0.15) is 0 Å². The first-order valence-electron chi connectivity index (χ1n) is 11.2. The summed E-state index contributed by atoms with van der Waals surface area (Å²) in [7, 11) is 2.15. The number of fused-ring (bicyclic) bond motifs is 1. The first kappa shape index (κ1) is 23.4. The third kappa shape index (κ3) is 5.50. The molecule has 0 bridgehead atoms. The fourth-order valence-corrected chi connectivity index (χ4v) is 3.99. The second kappa shape index (κ2) is 10.9. The Morgan fingerprint density at radius 1 is 1.16 bits per heavy atom. The van der Waals surface area contributed by atoms with E-state index in [1.54, 1.807) is 6.07 Å². The number of benzene rings is 2. The number of hydrogen-bond acceptors (Lipinski definition) is 5. The molecule has 4 rings (SSSR count). The molecule has 1 saturated heterocycles. The van der Waals surface area contributed by atoms with E-state index in [0.29, 0.717) is 11.9 Å². The van der Waals surface area contributed by atoms with Crippen molar-refractivity contribution in [2.75, 3.05) is 25.5 Å². The van der Waals surface area contributed by atoms with E-state index in [4.69, 9.17) is 0 Å². The lowest BCUT2D eigenvalue weighted by Crippen LogP contribution is -2.30. The first-order chi connectivity index (χ1) is 15.5. The van der Waals surface area contributed by atoms with E-state index in [2.05, 4.69) is 22.2 Å². The van der Waals surface area contributed by atoms with E-state index in [1.165, 1.54) is 31.0 Å². The number of nitrogens with zero attached hydrogens (tertiary/aromatic N) is 4. The van der Waals surface area contributed by atoms with E-state index in [-0.39, 0.29) is 11.3 Å². The monoisotopic (exact) mass is 437 g/mol. The number of imidazole rings is 1. The molecule has 1 amide bonds. The Morgan fingerprint density at radius 2 is 1.88 bits per heavy atom. The van der Waals surface area contributed by atoms with Crippen LogP contribution >= 0.6 is 0 Å². The summed E-state index contributed by atoms with van der Waals surface area (Å²) >= 11 is 0. The number of piperidine rings is 1. The number of anilines is 1. The lowest BCUT2D eigenvalue weighted by molar-refractivity contribution is -0.384. The summed E-state index contributed by atoms with van der Waals surface area (Å²) in [6.07, 6.45) is 3.38. The molecule has 2 aromatic carbocycles. The molecule has 8 nitrogen and oxygen atoms in total. The summed E-state index contributed by atoms with van der Waals surface area (Å²) in [6.45, 7) is 7.00.